The number of hydrogen-bond donors (Lipinski definition) is 2. The van der Waals surface area contributed by atoms with E-state index in [1.165, 1.54) is 12.1 Å². The van der Waals surface area contributed by atoms with Crippen molar-refractivity contribution in [1.82, 2.24) is 4.90 Å². The van der Waals surface area contributed by atoms with E-state index in [1.807, 2.05) is 4.90 Å². The third kappa shape index (κ3) is 3.59. The van der Waals surface area contributed by atoms with Gasteiger partial charge in [0.15, 0.2) is 0 Å². The number of phenolic OH excluding ortho intramolecular Hbond substituents is 1. The lowest BCUT2D eigenvalue weighted by atomic mass is 9.92. The van der Waals surface area contributed by atoms with Gasteiger partial charge in [-0.05, 0) is 56.2 Å². The van der Waals surface area contributed by atoms with Crippen LogP contribution in [-0.2, 0) is 11.2 Å². The smallest absolute Gasteiger partial charge is 0.226 e. The molecule has 23 heavy (non-hydrogen) atoms. The van der Waals surface area contributed by atoms with Gasteiger partial charge in [-0.2, -0.15) is 0 Å². The molecule has 1 heterocycles. The molecule has 1 unspecified atom stereocenters. The quantitative estimate of drug-likeness (QED) is 0.871. The third-order valence-electron chi connectivity index (χ3n) is 5.03. The van der Waals surface area contributed by atoms with Gasteiger partial charge in [-0.3, -0.25) is 4.79 Å². The van der Waals surface area contributed by atoms with E-state index in [4.69, 9.17) is 23.2 Å². The average Bonchev–Trinajstić information content (AvgIpc) is 2.85. The van der Waals surface area contributed by atoms with Crippen LogP contribution in [0, 0.1) is 5.92 Å². The number of aliphatic hydroxyl groups is 1. The van der Waals surface area contributed by atoms with Gasteiger partial charge in [-0.1, -0.05) is 23.2 Å². The van der Waals surface area contributed by atoms with Crippen LogP contribution in [0.4, 0.5) is 0 Å². The fraction of sp³-hybridized carbons (Fsp3) is 0.588. The van der Waals surface area contributed by atoms with Crippen molar-refractivity contribution in [3.63, 3.8) is 0 Å². The zero-order chi connectivity index (χ0) is 16.6. The fourth-order valence-corrected chi connectivity index (χ4v) is 4.35. The van der Waals surface area contributed by atoms with Gasteiger partial charge in [-0.15, -0.1) is 0 Å². The number of carbonyl (C=O) groups is 1. The van der Waals surface area contributed by atoms with Gasteiger partial charge < -0.3 is 15.1 Å². The lowest BCUT2D eigenvalue weighted by molar-refractivity contribution is -0.133. The maximum atomic E-state index is 12.7. The highest BCUT2D eigenvalue weighted by Crippen LogP contribution is 2.35. The molecule has 1 aliphatic heterocycles. The standard InChI is InChI=1S/C17H21Cl2NO3/c18-15-8-13(22)9-16(19)14(15)7-10-5-6-20(17(10)23)11-1-3-12(21)4-2-11/h8-12,21-22H,1-7H2/t10?,11-,12+. The first-order valence-electron chi connectivity index (χ1n) is 8.11. The fourth-order valence-electron chi connectivity index (χ4n) is 3.72. The Hall–Kier alpha value is -0.970. The van der Waals surface area contributed by atoms with Crippen LogP contribution >= 0.6 is 23.2 Å². The Morgan fingerprint density at radius 1 is 1.09 bits per heavy atom. The number of halogens is 2. The highest BCUT2D eigenvalue weighted by Gasteiger charge is 2.37. The van der Waals surface area contributed by atoms with Crippen molar-refractivity contribution < 1.29 is 15.0 Å². The number of phenols is 1. The molecule has 4 nitrogen and oxygen atoms in total. The van der Waals surface area contributed by atoms with Crippen LogP contribution in [0.3, 0.4) is 0 Å². The van der Waals surface area contributed by atoms with Crippen molar-refractivity contribution in [2.75, 3.05) is 6.54 Å². The molecule has 2 fully saturated rings. The van der Waals surface area contributed by atoms with E-state index in [9.17, 15) is 15.0 Å². The Morgan fingerprint density at radius 3 is 2.30 bits per heavy atom. The van der Waals surface area contributed by atoms with Gasteiger partial charge in [0.05, 0.1) is 6.10 Å². The number of likely N-dealkylation sites (tertiary alicyclic amines) is 1. The van der Waals surface area contributed by atoms with Gasteiger partial charge >= 0.3 is 0 Å². The van der Waals surface area contributed by atoms with E-state index < -0.39 is 0 Å². The summed E-state index contributed by atoms with van der Waals surface area (Å²) in [6.45, 7) is 0.761. The number of aliphatic hydroxyl groups excluding tert-OH is 1. The first-order chi connectivity index (χ1) is 11.0. The topological polar surface area (TPSA) is 60.8 Å². The summed E-state index contributed by atoms with van der Waals surface area (Å²) in [6.07, 6.45) is 4.38. The molecule has 1 aromatic rings. The lowest BCUT2D eigenvalue weighted by Crippen LogP contribution is -2.41. The zero-order valence-electron chi connectivity index (χ0n) is 12.8. The molecule has 2 aliphatic rings. The van der Waals surface area contributed by atoms with Gasteiger partial charge in [0.2, 0.25) is 5.91 Å². The first kappa shape index (κ1) is 16.9. The first-order valence-corrected chi connectivity index (χ1v) is 8.86. The van der Waals surface area contributed by atoms with Crippen LogP contribution < -0.4 is 0 Å². The highest BCUT2D eigenvalue weighted by molar-refractivity contribution is 6.36. The number of rotatable bonds is 3. The summed E-state index contributed by atoms with van der Waals surface area (Å²) < 4.78 is 0. The molecule has 0 bridgehead atoms. The molecule has 0 aromatic heterocycles. The molecule has 1 amide bonds. The number of amides is 1. The molecule has 1 atom stereocenters. The maximum Gasteiger partial charge on any atom is 0.226 e. The monoisotopic (exact) mass is 357 g/mol. The van der Waals surface area contributed by atoms with Crippen molar-refractivity contribution in [2.24, 2.45) is 5.92 Å². The van der Waals surface area contributed by atoms with Crippen molar-refractivity contribution in [3.05, 3.63) is 27.7 Å². The Bertz CT molecular complexity index is 576. The molecule has 3 rings (SSSR count). The number of nitrogens with zero attached hydrogens (tertiary/aromatic N) is 1. The van der Waals surface area contributed by atoms with Crippen LogP contribution in [0.5, 0.6) is 5.75 Å². The largest absolute Gasteiger partial charge is 0.508 e. The van der Waals surface area contributed by atoms with E-state index >= 15 is 0 Å². The molecule has 0 radical (unpaired) electrons. The van der Waals surface area contributed by atoms with E-state index in [2.05, 4.69) is 0 Å². The minimum absolute atomic E-state index is 0.0314. The summed E-state index contributed by atoms with van der Waals surface area (Å²) in [6, 6.07) is 3.17. The average molecular weight is 358 g/mol. The number of hydrogen-bond acceptors (Lipinski definition) is 3. The molecule has 2 N–H and O–H groups in total. The summed E-state index contributed by atoms with van der Waals surface area (Å²) >= 11 is 12.3. The second kappa shape index (κ2) is 6.88. The van der Waals surface area contributed by atoms with E-state index in [1.54, 1.807) is 0 Å². The Balaban J connectivity index is 1.68. The third-order valence-corrected chi connectivity index (χ3v) is 5.71. The van der Waals surface area contributed by atoms with Crippen molar-refractivity contribution >= 4 is 29.1 Å². The SMILES string of the molecule is O=C1C(Cc2c(Cl)cc(O)cc2Cl)CCN1[C@H]1CC[C@@H](O)CC1. The van der Waals surface area contributed by atoms with Crippen LogP contribution in [0.25, 0.3) is 0 Å². The minimum atomic E-state index is -0.214. The molecule has 0 spiro atoms. The molecule has 1 saturated heterocycles. The molecule has 126 valence electrons. The Morgan fingerprint density at radius 2 is 1.70 bits per heavy atom. The molecule has 1 aromatic carbocycles. The molecule has 1 aliphatic carbocycles. The van der Waals surface area contributed by atoms with E-state index in [0.29, 0.717) is 16.5 Å². The second-order valence-electron chi connectivity index (χ2n) is 6.57. The van der Waals surface area contributed by atoms with E-state index in [-0.39, 0.29) is 29.7 Å². The predicted molar refractivity (Wildman–Crippen MR) is 89.9 cm³/mol. The van der Waals surface area contributed by atoms with Gasteiger partial charge in [0, 0.05) is 28.5 Å². The van der Waals surface area contributed by atoms with Crippen LogP contribution in [-0.4, -0.2) is 39.7 Å². The van der Waals surface area contributed by atoms with Gasteiger partial charge in [-0.25, -0.2) is 0 Å². The summed E-state index contributed by atoms with van der Waals surface area (Å²) in [5, 5.41) is 19.9. The molecule has 6 heteroatoms. The van der Waals surface area contributed by atoms with Gasteiger partial charge in [0.25, 0.3) is 0 Å². The van der Waals surface area contributed by atoms with Crippen molar-refractivity contribution in [1.29, 1.82) is 0 Å². The Kier molecular flexibility index (Phi) is 5.04. The number of aromatic hydroxyl groups is 1. The highest BCUT2D eigenvalue weighted by atomic mass is 35.5. The molecular weight excluding hydrogens is 337 g/mol. The maximum absolute atomic E-state index is 12.7. The number of benzene rings is 1. The predicted octanol–water partition coefficient (Wildman–Crippen LogP) is 3.39. The van der Waals surface area contributed by atoms with Crippen LogP contribution in [0.1, 0.15) is 37.7 Å². The summed E-state index contributed by atoms with van der Waals surface area (Å²) in [7, 11) is 0. The Labute approximate surface area is 146 Å². The summed E-state index contributed by atoms with van der Waals surface area (Å²) in [4.78, 5) is 14.7. The minimum Gasteiger partial charge on any atom is -0.508 e. The molecular formula is C17H21Cl2NO3. The van der Waals surface area contributed by atoms with Crippen LogP contribution in [0.2, 0.25) is 10.0 Å². The summed E-state index contributed by atoms with van der Waals surface area (Å²) in [5.74, 6) is 0.0804. The van der Waals surface area contributed by atoms with Crippen LogP contribution in [0.15, 0.2) is 12.1 Å². The normalized spacial score (nSPS) is 28.4. The number of carbonyl (C=O) groups excluding carboxylic acids is 1. The van der Waals surface area contributed by atoms with E-state index in [0.717, 1.165) is 44.2 Å². The second-order valence-corrected chi connectivity index (χ2v) is 7.39. The van der Waals surface area contributed by atoms with Crippen molar-refractivity contribution in [3.8, 4) is 5.75 Å². The summed E-state index contributed by atoms with van der Waals surface area (Å²) in [5.41, 5.74) is 0.727. The van der Waals surface area contributed by atoms with Crippen molar-refractivity contribution in [2.45, 2.75) is 50.7 Å². The zero-order valence-corrected chi connectivity index (χ0v) is 14.4. The lowest BCUT2D eigenvalue weighted by Gasteiger charge is -2.33. The molecule has 1 saturated carbocycles. The van der Waals surface area contributed by atoms with Gasteiger partial charge in [0.1, 0.15) is 5.75 Å².